The molecule has 16 nitrogen and oxygen atoms in total. The van der Waals surface area contributed by atoms with E-state index in [1.807, 2.05) is 6.92 Å². The van der Waals surface area contributed by atoms with E-state index in [-0.39, 0.29) is 77.0 Å². The number of carbonyl (C=O) groups is 2. The zero-order chi connectivity index (χ0) is 56.8. The van der Waals surface area contributed by atoms with E-state index in [0.29, 0.717) is 39.5 Å². The second-order valence-electron chi connectivity index (χ2n) is 17.7. The molecule has 0 aliphatic carbocycles. The minimum Gasteiger partial charge on any atom is -0.302 e. The molecule has 0 unspecified atom stereocenters. The van der Waals surface area contributed by atoms with Crippen molar-refractivity contribution in [1.82, 2.24) is 49.5 Å². The monoisotopic (exact) mass is 1210 g/mol. The number of hydrogen-bond donors (Lipinski definition) is 1. The van der Waals surface area contributed by atoms with Gasteiger partial charge >= 0.3 is 12.4 Å². The van der Waals surface area contributed by atoms with Gasteiger partial charge in [0.1, 0.15) is 18.1 Å². The highest BCUT2D eigenvalue weighted by Crippen LogP contribution is 2.35. The van der Waals surface area contributed by atoms with Crippen molar-refractivity contribution in [2.24, 2.45) is 0 Å². The van der Waals surface area contributed by atoms with Crippen molar-refractivity contribution in [2.45, 2.75) is 125 Å². The van der Waals surface area contributed by atoms with Crippen LogP contribution in [0.5, 0.6) is 0 Å². The van der Waals surface area contributed by atoms with Crippen LogP contribution in [0.3, 0.4) is 0 Å². The molecular formula is C48H46Cl4F8N10O6S2. The van der Waals surface area contributed by atoms with E-state index in [9.17, 15) is 61.5 Å². The summed E-state index contributed by atoms with van der Waals surface area (Å²) in [6.45, 7) is 6.70. The van der Waals surface area contributed by atoms with E-state index in [0.717, 1.165) is 46.4 Å². The first-order valence-electron chi connectivity index (χ1n) is 22.9. The second-order valence-corrected chi connectivity index (χ2v) is 22.9. The molecule has 420 valence electrons. The van der Waals surface area contributed by atoms with Crippen LogP contribution in [0.15, 0.2) is 96.0 Å². The van der Waals surface area contributed by atoms with Gasteiger partial charge < -0.3 is 5.32 Å². The third-order valence-corrected chi connectivity index (χ3v) is 15.8. The Morgan fingerprint density at radius 1 is 0.628 bits per heavy atom. The molecular weight excluding hydrogens is 1170 g/mol. The Morgan fingerprint density at radius 2 is 1.06 bits per heavy atom. The number of sulfonamides is 1. The van der Waals surface area contributed by atoms with Crippen LogP contribution in [-0.2, 0) is 53.9 Å². The number of ketones is 2. The fraction of sp³-hybridized carbons (Fsp3) is 0.375. The maximum Gasteiger partial charge on any atom is 0.451 e. The summed E-state index contributed by atoms with van der Waals surface area (Å²) >= 11 is 11.3. The number of nitrogens with zero attached hydrogens (tertiary/aromatic N) is 9. The minimum atomic E-state index is -4.67. The molecule has 0 aromatic carbocycles. The predicted octanol–water partition coefficient (Wildman–Crippen LogP) is 10.1. The van der Waals surface area contributed by atoms with Crippen molar-refractivity contribution >= 4 is 76.9 Å². The van der Waals surface area contributed by atoms with Gasteiger partial charge in [-0.05, 0) is 99.2 Å². The van der Waals surface area contributed by atoms with Gasteiger partial charge in [0.15, 0.2) is 15.8 Å². The molecule has 0 radical (unpaired) electrons. The second kappa shape index (κ2) is 26.2. The Labute approximate surface area is 463 Å². The topological polar surface area (TPSA) is 221 Å². The maximum atomic E-state index is 14.7. The number of halogens is 12. The van der Waals surface area contributed by atoms with Gasteiger partial charge in [-0.25, -0.2) is 55.5 Å². The molecule has 2 aliphatic heterocycles. The lowest BCUT2D eigenvalue weighted by molar-refractivity contribution is -0.145. The van der Waals surface area contributed by atoms with Crippen molar-refractivity contribution in [3.8, 4) is 22.5 Å². The fourth-order valence-corrected chi connectivity index (χ4v) is 10.6. The van der Waals surface area contributed by atoms with Crippen LogP contribution >= 0.6 is 46.3 Å². The quantitative estimate of drug-likeness (QED) is 0.0839. The lowest BCUT2D eigenvalue weighted by Crippen LogP contribution is -2.45. The Balaban J connectivity index is 0.000000245. The Morgan fingerprint density at radius 3 is 1.45 bits per heavy atom. The average molecular weight is 1220 g/mol. The highest BCUT2D eigenvalue weighted by atomic mass is 35.7. The Hall–Kier alpha value is -5.48. The van der Waals surface area contributed by atoms with Gasteiger partial charge in [-0.1, -0.05) is 23.2 Å². The van der Waals surface area contributed by atoms with Gasteiger partial charge in [0.2, 0.25) is 11.6 Å². The van der Waals surface area contributed by atoms with E-state index in [2.05, 4.69) is 45.2 Å². The van der Waals surface area contributed by atoms with Crippen molar-refractivity contribution in [3.63, 3.8) is 0 Å². The first-order valence-corrected chi connectivity index (χ1v) is 27.5. The highest BCUT2D eigenvalue weighted by molar-refractivity contribution is 8.13. The van der Waals surface area contributed by atoms with Crippen LogP contribution in [0.4, 0.5) is 35.1 Å². The maximum absolute atomic E-state index is 14.7. The molecule has 2 fully saturated rings. The van der Waals surface area contributed by atoms with E-state index < -0.39 is 79.3 Å². The SMILES string of the molecule is Cc1cnc(-c2cnc(C(F)(F)F)nc2)cc1CCC(=O)[C@@H]1C[C@@H](F)[C@H](C)N1.Cc1cnc(-c2cnc(C(F)(F)F)nc2)cc1CCC(=O)[C@@H]1C[C@@H](F)[C@H](C)N1S(=O)(=O)c1ccc(Cl)cn1.Cl.O=S(=O)(Cl)c1ccc(Cl)cn1. The predicted molar refractivity (Wildman–Crippen MR) is 273 cm³/mol. The van der Waals surface area contributed by atoms with Crippen LogP contribution in [-0.4, -0.2) is 109 Å². The molecule has 0 amide bonds. The number of aryl methyl sites for hydroxylation is 4. The van der Waals surface area contributed by atoms with Crippen LogP contribution in [0.2, 0.25) is 10.0 Å². The van der Waals surface area contributed by atoms with Crippen molar-refractivity contribution in [2.75, 3.05) is 0 Å². The Bertz CT molecular complexity index is 3280. The Kier molecular flexibility index (Phi) is 21.3. The highest BCUT2D eigenvalue weighted by Gasteiger charge is 2.49. The van der Waals surface area contributed by atoms with E-state index >= 15 is 0 Å². The number of hydrogen-bond acceptors (Lipinski definition) is 15. The summed E-state index contributed by atoms with van der Waals surface area (Å²) in [5.41, 5.74) is 4.44. The molecule has 0 bridgehead atoms. The average Bonchev–Trinajstić information content (AvgIpc) is 3.88. The van der Waals surface area contributed by atoms with Gasteiger partial charge in [-0.3, -0.25) is 19.6 Å². The molecule has 8 heterocycles. The van der Waals surface area contributed by atoms with Crippen LogP contribution < -0.4 is 5.32 Å². The summed E-state index contributed by atoms with van der Waals surface area (Å²) < 4.78 is 153. The van der Waals surface area contributed by atoms with Gasteiger partial charge in [0.25, 0.3) is 19.1 Å². The van der Waals surface area contributed by atoms with E-state index in [1.165, 1.54) is 43.6 Å². The molecule has 6 atom stereocenters. The summed E-state index contributed by atoms with van der Waals surface area (Å²) in [7, 11) is -3.02. The molecule has 30 heteroatoms. The number of nitrogens with one attached hydrogen (secondary N) is 1. The first kappa shape index (κ1) is 63.4. The number of carbonyl (C=O) groups excluding carboxylic acids is 2. The standard InChI is InChI=1S/C24H22ClF4N5O3S.C19H20F4N4O.C5H3Cl2NO2S.ClH/c1-13-9-30-19(16-10-32-23(33-11-16)24(27,28)29)7-15(13)3-5-21(35)20-8-18(26)14(2)34(20)38(36,37)22-6-4-17(25)12-31-22;1-10-7-24-15(13-8-25-18(26-9-13)19(21,22)23)5-12(10)3-4-17(28)16-6-14(20)11(2)27-16;6-4-1-2-5(8-3-4)11(7,9)10;/h4,6-7,9-12,14,18,20H,3,5,8H2,1-2H3;5,7-9,11,14,16,27H,3-4,6H2,1-2H3;1-3H;1H/t14-,18+,20-;11-,14+,16-;;/m00../s1. The number of rotatable bonds is 13. The molecule has 1 N–H and O–H groups in total. The fourth-order valence-electron chi connectivity index (χ4n) is 7.95. The molecule has 78 heavy (non-hydrogen) atoms. The van der Waals surface area contributed by atoms with Crippen molar-refractivity contribution in [1.29, 1.82) is 0 Å². The van der Waals surface area contributed by atoms with E-state index in [1.54, 1.807) is 32.2 Å². The molecule has 2 aliphatic rings. The molecule has 6 aromatic rings. The van der Waals surface area contributed by atoms with Crippen molar-refractivity contribution in [3.05, 3.63) is 130 Å². The van der Waals surface area contributed by atoms with Crippen LogP contribution in [0.1, 0.15) is 73.4 Å². The molecule has 0 spiro atoms. The summed E-state index contributed by atoms with van der Waals surface area (Å²) in [4.78, 5) is 54.7. The van der Waals surface area contributed by atoms with Gasteiger partial charge in [0, 0.05) is 103 Å². The number of pyridine rings is 4. The van der Waals surface area contributed by atoms with Gasteiger partial charge in [-0.2, -0.15) is 30.6 Å². The van der Waals surface area contributed by atoms with Crippen molar-refractivity contribution < 1.29 is 61.5 Å². The van der Waals surface area contributed by atoms with E-state index in [4.69, 9.17) is 33.9 Å². The molecule has 0 saturated carbocycles. The third-order valence-electron chi connectivity index (χ3n) is 12.2. The summed E-state index contributed by atoms with van der Waals surface area (Å²) in [5, 5.41) is 3.03. The first-order chi connectivity index (χ1) is 35.9. The van der Waals surface area contributed by atoms with Crippen LogP contribution in [0, 0.1) is 13.8 Å². The number of Topliss-reactive ketones (excluding diaryl/α,β-unsaturated/α-hetero) is 2. The number of alkyl halides is 8. The molecule has 8 rings (SSSR count). The minimum absolute atomic E-state index is 0. The summed E-state index contributed by atoms with van der Waals surface area (Å²) in [5.74, 6) is -3.00. The normalized spacial score (nSPS) is 19.7. The lowest BCUT2D eigenvalue weighted by Gasteiger charge is -2.26. The van der Waals surface area contributed by atoms with Gasteiger partial charge in [0.05, 0.1) is 39.6 Å². The van der Waals surface area contributed by atoms with Crippen LogP contribution in [0.25, 0.3) is 22.5 Å². The zero-order valence-electron chi connectivity index (χ0n) is 41.1. The largest absolute Gasteiger partial charge is 0.451 e. The smallest absolute Gasteiger partial charge is 0.302 e. The molecule has 6 aromatic heterocycles. The summed E-state index contributed by atoms with van der Waals surface area (Å²) in [6.07, 6.45) is -1.53. The zero-order valence-corrected chi connectivity index (χ0v) is 45.9. The summed E-state index contributed by atoms with van der Waals surface area (Å²) in [6, 6.07) is 5.43. The molecule has 2 saturated heterocycles. The number of aromatic nitrogens is 8. The lowest BCUT2D eigenvalue weighted by atomic mass is 9.99. The third kappa shape index (κ3) is 16.3. The van der Waals surface area contributed by atoms with Gasteiger partial charge in [-0.15, -0.1) is 12.4 Å².